The van der Waals surface area contributed by atoms with Crippen LogP contribution >= 0.6 is 46.4 Å². The second kappa shape index (κ2) is 13.4. The highest BCUT2D eigenvalue weighted by molar-refractivity contribution is 6.55. The molecule has 4 nitrogen and oxygen atoms in total. The lowest BCUT2D eigenvalue weighted by atomic mass is 10.2. The number of ether oxygens (including phenoxy) is 2. The van der Waals surface area contributed by atoms with Crippen molar-refractivity contribution in [1.29, 1.82) is 0 Å². The minimum absolute atomic E-state index is 0.138. The van der Waals surface area contributed by atoms with Crippen molar-refractivity contribution in [2.45, 2.75) is 33.1 Å². The van der Waals surface area contributed by atoms with E-state index >= 15 is 0 Å². The van der Waals surface area contributed by atoms with Gasteiger partial charge in [0.25, 0.3) is 0 Å². The maximum atomic E-state index is 6.20. The molecule has 26 heavy (non-hydrogen) atoms. The van der Waals surface area contributed by atoms with Gasteiger partial charge in [-0.3, -0.25) is 0 Å². The number of hydrogen-bond donors (Lipinski definition) is 0. The van der Waals surface area contributed by atoms with E-state index in [0.29, 0.717) is 40.7 Å². The molecule has 1 aromatic carbocycles. The molecule has 1 aromatic rings. The fraction of sp³-hybridized carbons (Fsp3) is 0.500. The third kappa shape index (κ3) is 10.4. The van der Waals surface area contributed by atoms with Gasteiger partial charge in [0.2, 0.25) is 0 Å². The van der Waals surface area contributed by atoms with Gasteiger partial charge < -0.3 is 14.3 Å². The van der Waals surface area contributed by atoms with Gasteiger partial charge in [0.05, 0.1) is 16.7 Å². The highest BCUT2D eigenvalue weighted by Gasteiger charge is 2.10. The summed E-state index contributed by atoms with van der Waals surface area (Å²) >= 11 is 23.5. The van der Waals surface area contributed by atoms with Crippen LogP contribution in [0.25, 0.3) is 0 Å². The number of hydrogen-bond acceptors (Lipinski definition) is 4. The number of halogens is 4. The van der Waals surface area contributed by atoms with Crippen LogP contribution < -0.4 is 9.47 Å². The minimum Gasteiger partial charge on any atom is -0.490 e. The average Bonchev–Trinajstić information content (AvgIpc) is 2.54. The topological polar surface area (TPSA) is 40.0 Å². The zero-order valence-corrected chi connectivity index (χ0v) is 17.8. The van der Waals surface area contributed by atoms with Crippen LogP contribution in [0.2, 0.25) is 10.0 Å². The summed E-state index contributed by atoms with van der Waals surface area (Å²) in [5.74, 6) is 1.43. The average molecular weight is 443 g/mol. The highest BCUT2D eigenvalue weighted by Crippen LogP contribution is 2.37. The first-order chi connectivity index (χ1) is 12.4. The summed E-state index contributed by atoms with van der Waals surface area (Å²) in [6.45, 7) is 5.51. The summed E-state index contributed by atoms with van der Waals surface area (Å²) in [6, 6.07) is 3.27. The standard InChI is InChI=1S/C18H23Cl4NO3/c1-13(2)12-26-23-7-4-3-5-8-25-18-15(19)10-14(11-16(18)20)24-9-6-17(21)22/h6-7,10-11,13H,3-5,8-9,12H2,1-2H3/b23-7+. The maximum Gasteiger partial charge on any atom is 0.156 e. The molecule has 0 saturated heterocycles. The fourth-order valence-corrected chi connectivity index (χ4v) is 2.47. The smallest absolute Gasteiger partial charge is 0.156 e. The molecular formula is C18H23Cl4NO3. The van der Waals surface area contributed by atoms with Crippen molar-refractivity contribution in [1.82, 2.24) is 0 Å². The number of unbranched alkanes of at least 4 members (excludes halogenated alkanes) is 2. The van der Waals surface area contributed by atoms with E-state index in [9.17, 15) is 0 Å². The van der Waals surface area contributed by atoms with Gasteiger partial charge in [-0.15, -0.1) is 0 Å². The van der Waals surface area contributed by atoms with E-state index in [4.69, 9.17) is 60.7 Å². The van der Waals surface area contributed by atoms with Crippen LogP contribution in [0.4, 0.5) is 0 Å². The molecule has 0 saturated carbocycles. The van der Waals surface area contributed by atoms with Gasteiger partial charge in [0.15, 0.2) is 5.75 Å². The van der Waals surface area contributed by atoms with Crippen LogP contribution in [0, 0.1) is 5.92 Å². The van der Waals surface area contributed by atoms with Gasteiger partial charge in [0, 0.05) is 18.3 Å². The van der Waals surface area contributed by atoms with Gasteiger partial charge in [0.1, 0.15) is 23.5 Å². The van der Waals surface area contributed by atoms with Gasteiger partial charge in [-0.2, -0.15) is 0 Å². The van der Waals surface area contributed by atoms with Crippen molar-refractivity contribution in [3.8, 4) is 11.5 Å². The Kier molecular flexibility index (Phi) is 11.9. The van der Waals surface area contributed by atoms with E-state index in [1.54, 1.807) is 18.3 Å². The lowest BCUT2D eigenvalue weighted by Crippen LogP contribution is -2.00. The summed E-state index contributed by atoms with van der Waals surface area (Å²) in [4.78, 5) is 5.13. The Morgan fingerprint density at radius 3 is 2.42 bits per heavy atom. The molecule has 0 spiro atoms. The lowest BCUT2D eigenvalue weighted by Gasteiger charge is -2.12. The fourth-order valence-electron chi connectivity index (χ4n) is 1.77. The molecular weight excluding hydrogens is 420 g/mol. The number of rotatable bonds is 12. The van der Waals surface area contributed by atoms with Crippen molar-refractivity contribution in [3.05, 3.63) is 32.7 Å². The molecule has 0 unspecified atom stereocenters. The van der Waals surface area contributed by atoms with E-state index in [1.807, 2.05) is 0 Å². The molecule has 0 N–H and O–H groups in total. The van der Waals surface area contributed by atoms with E-state index in [0.717, 1.165) is 19.3 Å². The van der Waals surface area contributed by atoms with Crippen LogP contribution in [0.1, 0.15) is 33.1 Å². The second-order valence-corrected chi connectivity index (χ2v) is 7.66. The molecule has 0 aromatic heterocycles. The molecule has 0 atom stereocenters. The number of benzene rings is 1. The molecule has 0 bridgehead atoms. The van der Waals surface area contributed by atoms with Gasteiger partial charge >= 0.3 is 0 Å². The first-order valence-electron chi connectivity index (χ1n) is 8.29. The van der Waals surface area contributed by atoms with E-state index in [2.05, 4.69) is 19.0 Å². The summed E-state index contributed by atoms with van der Waals surface area (Å²) in [5, 5.41) is 4.67. The summed E-state index contributed by atoms with van der Waals surface area (Å²) < 4.78 is 11.3. The van der Waals surface area contributed by atoms with E-state index in [1.165, 1.54) is 6.08 Å². The largest absolute Gasteiger partial charge is 0.490 e. The molecule has 0 aliphatic heterocycles. The first-order valence-corrected chi connectivity index (χ1v) is 9.81. The first kappa shape index (κ1) is 23.2. The van der Waals surface area contributed by atoms with Crippen molar-refractivity contribution >= 4 is 52.6 Å². The molecule has 0 fully saturated rings. The molecule has 146 valence electrons. The molecule has 0 amide bonds. The predicted molar refractivity (Wildman–Crippen MR) is 110 cm³/mol. The Hall–Kier alpha value is -0.810. The summed E-state index contributed by atoms with van der Waals surface area (Å²) in [6.07, 6.45) is 5.89. The van der Waals surface area contributed by atoms with E-state index in [-0.39, 0.29) is 11.1 Å². The Morgan fingerprint density at radius 1 is 1.12 bits per heavy atom. The third-order valence-corrected chi connectivity index (χ3v) is 3.86. The quantitative estimate of drug-likeness (QED) is 0.201. The lowest BCUT2D eigenvalue weighted by molar-refractivity contribution is 0.119. The van der Waals surface area contributed by atoms with Gasteiger partial charge in [-0.05, 0) is 31.3 Å². The maximum absolute atomic E-state index is 6.20. The molecule has 0 heterocycles. The van der Waals surface area contributed by atoms with Crippen molar-refractivity contribution in [2.75, 3.05) is 19.8 Å². The minimum atomic E-state index is 0.138. The van der Waals surface area contributed by atoms with Crippen LogP contribution in [0.5, 0.6) is 11.5 Å². The zero-order valence-electron chi connectivity index (χ0n) is 14.8. The Morgan fingerprint density at radius 2 is 1.81 bits per heavy atom. The molecule has 0 radical (unpaired) electrons. The summed E-state index contributed by atoms with van der Waals surface area (Å²) in [5.41, 5.74) is 0. The molecule has 8 heteroatoms. The van der Waals surface area contributed by atoms with Crippen LogP contribution in [-0.4, -0.2) is 26.0 Å². The van der Waals surface area contributed by atoms with E-state index < -0.39 is 0 Å². The Balaban J connectivity index is 2.33. The normalized spacial score (nSPS) is 11.0. The third-order valence-electron chi connectivity index (χ3n) is 2.99. The monoisotopic (exact) mass is 441 g/mol. The van der Waals surface area contributed by atoms with Gasteiger partial charge in [-0.25, -0.2) is 0 Å². The second-order valence-electron chi connectivity index (χ2n) is 5.84. The number of oxime groups is 1. The molecule has 0 aliphatic rings. The Bertz CT molecular complexity index is 579. The summed E-state index contributed by atoms with van der Waals surface area (Å²) in [7, 11) is 0. The van der Waals surface area contributed by atoms with Crippen molar-refractivity contribution < 1.29 is 14.3 Å². The Labute approximate surface area is 175 Å². The van der Waals surface area contributed by atoms with Crippen LogP contribution in [-0.2, 0) is 4.84 Å². The van der Waals surface area contributed by atoms with Gasteiger partial charge in [-0.1, -0.05) is 65.4 Å². The van der Waals surface area contributed by atoms with Crippen LogP contribution in [0.3, 0.4) is 0 Å². The number of nitrogens with zero attached hydrogens (tertiary/aromatic N) is 1. The molecule has 1 rings (SSSR count). The van der Waals surface area contributed by atoms with Crippen molar-refractivity contribution in [2.24, 2.45) is 11.1 Å². The predicted octanol–water partition coefficient (Wildman–Crippen LogP) is 6.90. The SMILES string of the molecule is CC(C)CO/N=C/CCCCOc1c(Cl)cc(OCC=C(Cl)Cl)cc1Cl. The van der Waals surface area contributed by atoms with Crippen molar-refractivity contribution in [3.63, 3.8) is 0 Å². The highest BCUT2D eigenvalue weighted by atomic mass is 35.5. The zero-order chi connectivity index (χ0) is 19.4. The van der Waals surface area contributed by atoms with Crippen LogP contribution in [0.15, 0.2) is 27.9 Å². The molecule has 0 aliphatic carbocycles.